The van der Waals surface area contributed by atoms with Gasteiger partial charge >= 0.3 is 5.97 Å². The summed E-state index contributed by atoms with van der Waals surface area (Å²) in [5.74, 6) is 0.330. The molecule has 6 nitrogen and oxygen atoms in total. The lowest BCUT2D eigenvalue weighted by Gasteiger charge is -2.18. The van der Waals surface area contributed by atoms with Crippen molar-refractivity contribution in [2.24, 2.45) is 0 Å². The molecule has 1 aliphatic heterocycles. The summed E-state index contributed by atoms with van der Waals surface area (Å²) in [7, 11) is 0. The second kappa shape index (κ2) is 6.64. The first-order valence-electron chi connectivity index (χ1n) is 7.77. The Bertz CT molecular complexity index is 718. The number of rotatable bonds is 5. The highest BCUT2D eigenvalue weighted by molar-refractivity contribution is 5.91. The van der Waals surface area contributed by atoms with Gasteiger partial charge < -0.3 is 14.4 Å². The quantitative estimate of drug-likeness (QED) is 0.791. The van der Waals surface area contributed by atoms with Crippen LogP contribution in [0.4, 0.5) is 11.6 Å². The van der Waals surface area contributed by atoms with Gasteiger partial charge in [0.25, 0.3) is 0 Å². The predicted octanol–water partition coefficient (Wildman–Crippen LogP) is 2.75. The van der Waals surface area contributed by atoms with Crippen LogP contribution in [0.2, 0.25) is 0 Å². The molecule has 120 valence electrons. The van der Waals surface area contributed by atoms with E-state index in [4.69, 9.17) is 9.47 Å². The van der Waals surface area contributed by atoms with Crippen LogP contribution < -0.4 is 9.64 Å². The Kier molecular flexibility index (Phi) is 4.41. The van der Waals surface area contributed by atoms with Gasteiger partial charge in [-0.05, 0) is 31.9 Å². The van der Waals surface area contributed by atoms with E-state index in [2.05, 4.69) is 16.0 Å². The van der Waals surface area contributed by atoms with Gasteiger partial charge in [0.1, 0.15) is 5.56 Å². The van der Waals surface area contributed by atoms with Gasteiger partial charge in [-0.25, -0.2) is 9.78 Å². The third kappa shape index (κ3) is 2.97. The molecule has 0 N–H and O–H groups in total. The first kappa shape index (κ1) is 15.3. The molecule has 2 heterocycles. The number of nitrogens with zero attached hydrogens (tertiary/aromatic N) is 3. The van der Waals surface area contributed by atoms with Crippen molar-refractivity contribution in [3.63, 3.8) is 0 Å². The van der Waals surface area contributed by atoms with E-state index in [0.29, 0.717) is 19.2 Å². The summed E-state index contributed by atoms with van der Waals surface area (Å²) in [4.78, 5) is 22.8. The van der Waals surface area contributed by atoms with Gasteiger partial charge in [0.2, 0.25) is 11.8 Å². The maximum absolute atomic E-state index is 12.0. The summed E-state index contributed by atoms with van der Waals surface area (Å²) in [6.07, 6.45) is 2.43. The molecule has 0 amide bonds. The number of hydrogen-bond donors (Lipinski definition) is 0. The number of esters is 1. The number of aromatic nitrogens is 2. The lowest BCUT2D eigenvalue weighted by atomic mass is 10.2. The molecule has 1 aromatic carbocycles. The SMILES string of the molecule is CCOC(=O)c1cnc(N2CCc3ccccc32)nc1OCC. The van der Waals surface area contributed by atoms with Crippen LogP contribution >= 0.6 is 0 Å². The van der Waals surface area contributed by atoms with Crippen LogP contribution in [-0.2, 0) is 11.2 Å². The summed E-state index contributed by atoms with van der Waals surface area (Å²) in [5, 5.41) is 0. The van der Waals surface area contributed by atoms with Gasteiger partial charge in [-0.2, -0.15) is 4.98 Å². The van der Waals surface area contributed by atoms with E-state index < -0.39 is 5.97 Å². The van der Waals surface area contributed by atoms with E-state index in [9.17, 15) is 4.79 Å². The molecule has 23 heavy (non-hydrogen) atoms. The van der Waals surface area contributed by atoms with Gasteiger partial charge in [0.05, 0.1) is 19.4 Å². The number of carbonyl (C=O) groups excluding carboxylic acids is 1. The van der Waals surface area contributed by atoms with E-state index in [0.717, 1.165) is 18.7 Å². The zero-order valence-corrected chi connectivity index (χ0v) is 13.3. The first-order valence-corrected chi connectivity index (χ1v) is 7.77. The topological polar surface area (TPSA) is 64.5 Å². The van der Waals surface area contributed by atoms with E-state index in [-0.39, 0.29) is 11.4 Å². The van der Waals surface area contributed by atoms with Gasteiger partial charge in [0.15, 0.2) is 0 Å². The molecule has 1 aliphatic rings. The summed E-state index contributed by atoms with van der Waals surface area (Å²) in [6, 6.07) is 8.17. The average molecular weight is 313 g/mol. The van der Waals surface area contributed by atoms with Crippen molar-refractivity contribution in [3.05, 3.63) is 41.6 Å². The number of carbonyl (C=O) groups is 1. The molecule has 0 spiro atoms. The predicted molar refractivity (Wildman–Crippen MR) is 86.3 cm³/mol. The zero-order valence-electron chi connectivity index (χ0n) is 13.3. The summed E-state index contributed by atoms with van der Waals surface area (Å²) >= 11 is 0. The maximum Gasteiger partial charge on any atom is 0.345 e. The second-order valence-corrected chi connectivity index (χ2v) is 5.07. The Morgan fingerprint density at radius 2 is 2.09 bits per heavy atom. The largest absolute Gasteiger partial charge is 0.477 e. The highest BCUT2D eigenvalue weighted by Gasteiger charge is 2.24. The zero-order chi connectivity index (χ0) is 16.2. The standard InChI is InChI=1S/C17H19N3O3/c1-3-22-15-13(16(21)23-4-2)11-18-17(19-15)20-10-9-12-7-5-6-8-14(12)20/h5-8,11H,3-4,9-10H2,1-2H3. The van der Waals surface area contributed by atoms with Gasteiger partial charge in [-0.15, -0.1) is 0 Å². The highest BCUT2D eigenvalue weighted by atomic mass is 16.5. The second-order valence-electron chi connectivity index (χ2n) is 5.07. The lowest BCUT2D eigenvalue weighted by Crippen LogP contribution is -2.18. The molecule has 0 bridgehead atoms. The van der Waals surface area contributed by atoms with E-state index in [1.54, 1.807) is 6.92 Å². The maximum atomic E-state index is 12.0. The number of benzene rings is 1. The summed E-state index contributed by atoms with van der Waals surface area (Å²) < 4.78 is 10.5. The van der Waals surface area contributed by atoms with Crippen LogP contribution in [0, 0.1) is 0 Å². The van der Waals surface area contributed by atoms with E-state index in [1.807, 2.05) is 30.0 Å². The molecular formula is C17H19N3O3. The van der Waals surface area contributed by atoms with E-state index >= 15 is 0 Å². The number of anilines is 2. The Balaban J connectivity index is 1.96. The molecule has 0 atom stereocenters. The summed E-state index contributed by atoms with van der Waals surface area (Å²) in [6.45, 7) is 5.13. The minimum absolute atomic E-state index is 0.255. The van der Waals surface area contributed by atoms with Crippen LogP contribution in [0.3, 0.4) is 0 Å². The Morgan fingerprint density at radius 1 is 1.26 bits per heavy atom. The number of para-hydroxylation sites is 1. The molecule has 6 heteroatoms. The van der Waals surface area contributed by atoms with Crippen molar-refractivity contribution in [3.8, 4) is 5.88 Å². The van der Waals surface area contributed by atoms with E-state index in [1.165, 1.54) is 11.8 Å². The van der Waals surface area contributed by atoms with Crippen LogP contribution in [0.15, 0.2) is 30.5 Å². The summed E-state index contributed by atoms with van der Waals surface area (Å²) in [5.41, 5.74) is 2.62. The normalized spacial score (nSPS) is 12.9. The molecule has 0 fully saturated rings. The number of hydrogen-bond acceptors (Lipinski definition) is 6. The van der Waals surface area contributed by atoms with Gasteiger partial charge in [-0.3, -0.25) is 0 Å². The van der Waals surface area contributed by atoms with Crippen molar-refractivity contribution in [2.75, 3.05) is 24.7 Å². The number of ether oxygens (including phenoxy) is 2. The molecule has 0 radical (unpaired) electrons. The fourth-order valence-electron chi connectivity index (χ4n) is 2.63. The van der Waals surface area contributed by atoms with Crippen LogP contribution in [0.1, 0.15) is 29.8 Å². The van der Waals surface area contributed by atoms with Gasteiger partial charge in [-0.1, -0.05) is 18.2 Å². The average Bonchev–Trinajstić information content (AvgIpc) is 2.99. The molecule has 1 aromatic heterocycles. The van der Waals surface area contributed by atoms with Gasteiger partial charge in [0, 0.05) is 12.2 Å². The van der Waals surface area contributed by atoms with Crippen molar-refractivity contribution >= 4 is 17.6 Å². The molecule has 0 saturated carbocycles. The van der Waals surface area contributed by atoms with Crippen molar-refractivity contribution in [2.45, 2.75) is 20.3 Å². The smallest absolute Gasteiger partial charge is 0.345 e. The molecule has 0 unspecified atom stereocenters. The van der Waals surface area contributed by atoms with Crippen molar-refractivity contribution < 1.29 is 14.3 Å². The van der Waals surface area contributed by atoms with Crippen molar-refractivity contribution in [1.82, 2.24) is 9.97 Å². The Labute approximate surface area is 135 Å². The van der Waals surface area contributed by atoms with Crippen molar-refractivity contribution in [1.29, 1.82) is 0 Å². The fourth-order valence-corrected chi connectivity index (χ4v) is 2.63. The monoisotopic (exact) mass is 313 g/mol. The molecule has 0 saturated heterocycles. The van der Waals surface area contributed by atoms with Crippen LogP contribution in [0.25, 0.3) is 0 Å². The third-order valence-electron chi connectivity index (χ3n) is 3.65. The minimum Gasteiger partial charge on any atom is -0.477 e. The molecule has 2 aromatic rings. The lowest BCUT2D eigenvalue weighted by molar-refractivity contribution is 0.0520. The molecular weight excluding hydrogens is 294 g/mol. The number of fused-ring (bicyclic) bond motifs is 1. The van der Waals surface area contributed by atoms with Crippen LogP contribution in [0.5, 0.6) is 5.88 Å². The Morgan fingerprint density at radius 3 is 2.87 bits per heavy atom. The fraction of sp³-hybridized carbons (Fsp3) is 0.353. The highest BCUT2D eigenvalue weighted by Crippen LogP contribution is 2.33. The molecule has 0 aliphatic carbocycles. The minimum atomic E-state index is -0.468. The van der Waals surface area contributed by atoms with Crippen LogP contribution in [-0.4, -0.2) is 35.7 Å². The first-order chi connectivity index (χ1) is 11.2. The Hall–Kier alpha value is -2.63. The third-order valence-corrected chi connectivity index (χ3v) is 3.65. The molecule has 3 rings (SSSR count).